The molecule has 0 saturated carbocycles. The van der Waals surface area contributed by atoms with Gasteiger partial charge in [-0.05, 0) is 17.7 Å². The van der Waals surface area contributed by atoms with Crippen LogP contribution in [0.4, 0.5) is 0 Å². The zero-order chi connectivity index (χ0) is 20.1. The predicted molar refractivity (Wildman–Crippen MR) is 107 cm³/mol. The standard InChI is InChI=1S/C21H21ClN2O4/c22-16-8-6-14(7-9-16)18-17(19(26)15-4-2-1-3-5-15)20(27)21(28)24(18)12-10-23-11-13-25/h1-9,18,23,25-26H,10-13H2. The van der Waals surface area contributed by atoms with Gasteiger partial charge in [-0.3, -0.25) is 9.59 Å². The van der Waals surface area contributed by atoms with Crippen molar-refractivity contribution >= 4 is 29.1 Å². The van der Waals surface area contributed by atoms with Gasteiger partial charge >= 0.3 is 0 Å². The molecule has 146 valence electrons. The highest BCUT2D eigenvalue weighted by Gasteiger charge is 2.45. The summed E-state index contributed by atoms with van der Waals surface area (Å²) in [6, 6.07) is 14.8. The molecule has 6 nitrogen and oxygen atoms in total. The molecule has 28 heavy (non-hydrogen) atoms. The predicted octanol–water partition coefficient (Wildman–Crippen LogP) is 2.34. The monoisotopic (exact) mass is 400 g/mol. The molecule has 1 atom stereocenters. The fourth-order valence-corrected chi connectivity index (χ4v) is 3.38. The van der Waals surface area contributed by atoms with Crippen LogP contribution in [-0.4, -0.2) is 53.0 Å². The van der Waals surface area contributed by atoms with Crippen LogP contribution < -0.4 is 5.32 Å². The quantitative estimate of drug-likeness (QED) is 0.287. The lowest BCUT2D eigenvalue weighted by molar-refractivity contribution is -0.139. The van der Waals surface area contributed by atoms with Gasteiger partial charge in [-0.25, -0.2) is 0 Å². The molecule has 0 aliphatic carbocycles. The molecule has 1 fully saturated rings. The summed E-state index contributed by atoms with van der Waals surface area (Å²) in [4.78, 5) is 26.9. The number of nitrogens with zero attached hydrogens (tertiary/aromatic N) is 1. The summed E-state index contributed by atoms with van der Waals surface area (Å²) >= 11 is 5.98. The molecule has 2 aromatic carbocycles. The maximum Gasteiger partial charge on any atom is 0.295 e. The minimum Gasteiger partial charge on any atom is -0.507 e. The molecule has 3 N–H and O–H groups in total. The number of rotatable bonds is 7. The molecule has 1 unspecified atom stereocenters. The summed E-state index contributed by atoms with van der Waals surface area (Å²) in [5, 5.41) is 23.3. The molecule has 1 amide bonds. The van der Waals surface area contributed by atoms with Crippen LogP contribution in [0.15, 0.2) is 60.2 Å². The number of halogens is 1. The second kappa shape index (κ2) is 9.01. The normalized spacial score (nSPS) is 18.6. The average Bonchev–Trinajstić information content (AvgIpc) is 2.97. The van der Waals surface area contributed by atoms with E-state index in [1.54, 1.807) is 54.6 Å². The largest absolute Gasteiger partial charge is 0.507 e. The maximum atomic E-state index is 12.8. The number of Topliss-reactive ketones (excluding diaryl/α,β-unsaturated/α-hetero) is 1. The summed E-state index contributed by atoms with van der Waals surface area (Å²) in [6.07, 6.45) is 0. The zero-order valence-electron chi connectivity index (χ0n) is 15.1. The Hall–Kier alpha value is -2.67. The molecule has 1 aliphatic rings. The van der Waals surface area contributed by atoms with Crippen molar-refractivity contribution in [2.24, 2.45) is 0 Å². The van der Waals surface area contributed by atoms with Gasteiger partial charge in [-0.2, -0.15) is 0 Å². The first kappa shape index (κ1) is 20.1. The Morgan fingerprint density at radius 2 is 1.71 bits per heavy atom. The van der Waals surface area contributed by atoms with E-state index in [2.05, 4.69) is 5.32 Å². The van der Waals surface area contributed by atoms with E-state index >= 15 is 0 Å². The summed E-state index contributed by atoms with van der Waals surface area (Å²) in [5.74, 6) is -1.59. The van der Waals surface area contributed by atoms with Crippen molar-refractivity contribution in [2.45, 2.75) is 6.04 Å². The van der Waals surface area contributed by atoms with Crippen LogP contribution in [-0.2, 0) is 9.59 Å². The van der Waals surface area contributed by atoms with Crippen LogP contribution in [0.5, 0.6) is 0 Å². The molecule has 1 aliphatic heterocycles. The van der Waals surface area contributed by atoms with Crippen molar-refractivity contribution in [1.82, 2.24) is 10.2 Å². The lowest BCUT2D eigenvalue weighted by Gasteiger charge is -2.25. The number of carbonyl (C=O) groups excluding carboxylic acids is 2. The molecular formula is C21H21ClN2O4. The highest BCUT2D eigenvalue weighted by atomic mass is 35.5. The smallest absolute Gasteiger partial charge is 0.295 e. The number of hydrogen-bond acceptors (Lipinski definition) is 5. The number of nitrogens with one attached hydrogen (secondary N) is 1. The molecule has 3 rings (SSSR count). The van der Waals surface area contributed by atoms with Gasteiger partial charge in [0.25, 0.3) is 11.7 Å². The second-order valence-electron chi connectivity index (χ2n) is 6.38. The van der Waals surface area contributed by atoms with E-state index in [0.29, 0.717) is 29.2 Å². The van der Waals surface area contributed by atoms with E-state index in [1.165, 1.54) is 4.90 Å². The first-order chi connectivity index (χ1) is 13.5. The van der Waals surface area contributed by atoms with Gasteiger partial charge in [0.2, 0.25) is 0 Å². The van der Waals surface area contributed by atoms with Crippen LogP contribution in [0, 0.1) is 0 Å². The summed E-state index contributed by atoms with van der Waals surface area (Å²) in [5.41, 5.74) is 1.21. The van der Waals surface area contributed by atoms with Gasteiger partial charge in [0, 0.05) is 30.2 Å². The third-order valence-corrected chi connectivity index (χ3v) is 4.84. The number of ketones is 1. The molecule has 0 radical (unpaired) electrons. The van der Waals surface area contributed by atoms with Crippen LogP contribution >= 0.6 is 11.6 Å². The molecule has 1 saturated heterocycles. The maximum absolute atomic E-state index is 12.8. The minimum atomic E-state index is -0.719. The van der Waals surface area contributed by atoms with Crippen molar-refractivity contribution in [3.63, 3.8) is 0 Å². The Morgan fingerprint density at radius 1 is 1.04 bits per heavy atom. The van der Waals surface area contributed by atoms with Crippen molar-refractivity contribution in [2.75, 3.05) is 26.2 Å². The van der Waals surface area contributed by atoms with Crippen LogP contribution in [0.1, 0.15) is 17.2 Å². The van der Waals surface area contributed by atoms with E-state index in [9.17, 15) is 14.7 Å². The van der Waals surface area contributed by atoms with E-state index in [0.717, 1.165) is 0 Å². The number of aliphatic hydroxyl groups is 2. The number of hydrogen-bond donors (Lipinski definition) is 3. The Morgan fingerprint density at radius 3 is 2.36 bits per heavy atom. The highest BCUT2D eigenvalue weighted by Crippen LogP contribution is 2.39. The van der Waals surface area contributed by atoms with Crippen molar-refractivity contribution in [3.8, 4) is 0 Å². The minimum absolute atomic E-state index is 0.0204. The van der Waals surface area contributed by atoms with E-state index in [4.69, 9.17) is 16.7 Å². The van der Waals surface area contributed by atoms with E-state index in [1.807, 2.05) is 0 Å². The average molecular weight is 401 g/mol. The number of aliphatic hydroxyl groups excluding tert-OH is 2. The lowest BCUT2D eigenvalue weighted by Crippen LogP contribution is -2.36. The van der Waals surface area contributed by atoms with Crippen molar-refractivity contribution in [1.29, 1.82) is 0 Å². The SMILES string of the molecule is O=C1C(=O)N(CCNCCO)C(c2ccc(Cl)cc2)C1=C(O)c1ccccc1. The van der Waals surface area contributed by atoms with Crippen LogP contribution in [0.25, 0.3) is 5.76 Å². The summed E-state index contributed by atoms with van der Waals surface area (Å²) in [7, 11) is 0. The van der Waals surface area contributed by atoms with Gasteiger partial charge in [0.1, 0.15) is 5.76 Å². The van der Waals surface area contributed by atoms with Gasteiger partial charge in [0.05, 0.1) is 18.2 Å². The van der Waals surface area contributed by atoms with E-state index in [-0.39, 0.29) is 24.5 Å². The Kier molecular flexibility index (Phi) is 6.46. The lowest BCUT2D eigenvalue weighted by atomic mass is 9.95. The molecule has 0 spiro atoms. The third-order valence-electron chi connectivity index (χ3n) is 4.59. The molecule has 1 heterocycles. The summed E-state index contributed by atoms with van der Waals surface area (Å²) < 4.78 is 0. The summed E-state index contributed by atoms with van der Waals surface area (Å²) in [6.45, 7) is 1.03. The third kappa shape index (κ3) is 4.09. The Labute approximate surface area is 168 Å². The Bertz CT molecular complexity index is 881. The van der Waals surface area contributed by atoms with Gasteiger partial charge < -0.3 is 20.4 Å². The van der Waals surface area contributed by atoms with Crippen LogP contribution in [0.2, 0.25) is 5.02 Å². The second-order valence-corrected chi connectivity index (χ2v) is 6.82. The first-order valence-electron chi connectivity index (χ1n) is 8.95. The van der Waals surface area contributed by atoms with Crippen molar-refractivity contribution in [3.05, 3.63) is 76.3 Å². The number of carbonyl (C=O) groups is 2. The molecular weight excluding hydrogens is 380 g/mol. The zero-order valence-corrected chi connectivity index (χ0v) is 15.9. The highest BCUT2D eigenvalue weighted by molar-refractivity contribution is 6.46. The molecule has 2 aromatic rings. The Balaban J connectivity index is 2.04. The first-order valence-corrected chi connectivity index (χ1v) is 9.33. The van der Waals surface area contributed by atoms with E-state index < -0.39 is 17.7 Å². The molecule has 7 heteroatoms. The fourth-order valence-electron chi connectivity index (χ4n) is 3.26. The number of likely N-dealkylation sites (tertiary alicyclic amines) is 1. The fraction of sp³-hybridized carbons (Fsp3) is 0.238. The van der Waals surface area contributed by atoms with Gasteiger partial charge in [-0.1, -0.05) is 54.1 Å². The number of amides is 1. The van der Waals surface area contributed by atoms with Gasteiger partial charge in [0.15, 0.2) is 0 Å². The van der Waals surface area contributed by atoms with Gasteiger partial charge in [-0.15, -0.1) is 0 Å². The topological polar surface area (TPSA) is 89.9 Å². The molecule has 0 aromatic heterocycles. The van der Waals surface area contributed by atoms with Crippen LogP contribution in [0.3, 0.4) is 0 Å². The molecule has 0 bridgehead atoms. The number of benzene rings is 2. The van der Waals surface area contributed by atoms with Crippen molar-refractivity contribution < 1.29 is 19.8 Å².